The van der Waals surface area contributed by atoms with Gasteiger partial charge in [0, 0.05) is 18.0 Å². The van der Waals surface area contributed by atoms with Crippen LogP contribution in [0.3, 0.4) is 0 Å². The molecule has 7 nitrogen and oxygen atoms in total. The fraction of sp³-hybridized carbons (Fsp3) is 0.529. The highest BCUT2D eigenvalue weighted by Crippen LogP contribution is 2.34. The molecular weight excluding hydrogens is 310 g/mol. The molecule has 1 aromatic rings. The molecule has 0 radical (unpaired) electrons. The zero-order chi connectivity index (χ0) is 18.3. The second-order valence-corrected chi connectivity index (χ2v) is 6.36. The number of benzene rings is 1. The molecule has 0 unspecified atom stereocenters. The molecule has 0 atom stereocenters. The topological polar surface area (TPSA) is 103 Å². The number of anilines is 1. The Kier molecular flexibility index (Phi) is 7.03. The van der Waals surface area contributed by atoms with Gasteiger partial charge in [0.2, 0.25) is 5.91 Å². The van der Waals surface area contributed by atoms with Crippen LogP contribution in [0.5, 0.6) is 11.5 Å². The normalized spacial score (nSPS) is 10.9. The van der Waals surface area contributed by atoms with E-state index in [1.165, 1.54) is 14.2 Å². The summed E-state index contributed by atoms with van der Waals surface area (Å²) < 4.78 is 10.5. The number of amides is 2. The summed E-state index contributed by atoms with van der Waals surface area (Å²) in [6.45, 7) is 6.33. The molecule has 134 valence electrons. The number of methoxy groups -OCH3 is 2. The number of hydrogen-bond donors (Lipinski definition) is 3. The first-order valence-corrected chi connectivity index (χ1v) is 7.80. The summed E-state index contributed by atoms with van der Waals surface area (Å²) in [5.41, 5.74) is 5.52. The Morgan fingerprint density at radius 1 is 1.12 bits per heavy atom. The molecule has 0 saturated heterocycles. The van der Waals surface area contributed by atoms with Crippen LogP contribution in [0.1, 0.15) is 37.6 Å². The van der Waals surface area contributed by atoms with Crippen molar-refractivity contribution in [2.75, 3.05) is 32.6 Å². The molecule has 1 rings (SSSR count). The van der Waals surface area contributed by atoms with E-state index in [2.05, 4.69) is 10.6 Å². The fourth-order valence-electron chi connectivity index (χ4n) is 1.88. The SMILES string of the molecule is COc1cc(NC(=O)C(C)(C)C)c(C(=O)NCCCN)cc1OC. The zero-order valence-electron chi connectivity index (χ0n) is 15.0. The predicted octanol–water partition coefficient (Wildman–Crippen LogP) is 1.77. The summed E-state index contributed by atoms with van der Waals surface area (Å²) in [6, 6.07) is 3.13. The molecule has 24 heavy (non-hydrogen) atoms. The average Bonchev–Trinajstić information content (AvgIpc) is 2.53. The van der Waals surface area contributed by atoms with E-state index in [1.807, 2.05) is 0 Å². The van der Waals surface area contributed by atoms with Gasteiger partial charge in [-0.1, -0.05) is 20.8 Å². The number of carbonyl (C=O) groups excluding carboxylic acids is 2. The molecule has 7 heteroatoms. The van der Waals surface area contributed by atoms with Gasteiger partial charge in [0.05, 0.1) is 25.5 Å². The van der Waals surface area contributed by atoms with Crippen LogP contribution in [-0.2, 0) is 4.79 Å². The predicted molar refractivity (Wildman–Crippen MR) is 93.6 cm³/mol. The van der Waals surface area contributed by atoms with E-state index in [0.717, 1.165) is 0 Å². The van der Waals surface area contributed by atoms with Crippen molar-refractivity contribution in [1.82, 2.24) is 5.32 Å². The molecule has 0 fully saturated rings. The lowest BCUT2D eigenvalue weighted by Crippen LogP contribution is -2.30. The molecule has 0 aliphatic rings. The Labute approximate surface area is 142 Å². The lowest BCUT2D eigenvalue weighted by atomic mass is 9.95. The smallest absolute Gasteiger partial charge is 0.253 e. The summed E-state index contributed by atoms with van der Waals surface area (Å²) in [5, 5.41) is 5.56. The quantitative estimate of drug-likeness (QED) is 0.658. The number of ether oxygens (including phenoxy) is 2. The lowest BCUT2D eigenvalue weighted by molar-refractivity contribution is -0.123. The van der Waals surface area contributed by atoms with Crippen molar-refractivity contribution < 1.29 is 19.1 Å². The van der Waals surface area contributed by atoms with E-state index >= 15 is 0 Å². The maximum absolute atomic E-state index is 12.4. The van der Waals surface area contributed by atoms with Crippen LogP contribution >= 0.6 is 0 Å². The summed E-state index contributed by atoms with van der Waals surface area (Å²) >= 11 is 0. The van der Waals surface area contributed by atoms with Crippen molar-refractivity contribution in [2.24, 2.45) is 11.1 Å². The molecule has 2 amide bonds. The Morgan fingerprint density at radius 3 is 2.21 bits per heavy atom. The first kappa shape index (κ1) is 19.8. The second-order valence-electron chi connectivity index (χ2n) is 6.36. The molecule has 1 aromatic carbocycles. The largest absolute Gasteiger partial charge is 0.493 e. The molecule has 0 bridgehead atoms. The van der Waals surface area contributed by atoms with Gasteiger partial charge in [-0.15, -0.1) is 0 Å². The Morgan fingerprint density at radius 2 is 1.71 bits per heavy atom. The lowest BCUT2D eigenvalue weighted by Gasteiger charge is -2.20. The summed E-state index contributed by atoms with van der Waals surface area (Å²) in [4.78, 5) is 24.7. The Balaban J connectivity index is 3.21. The first-order valence-electron chi connectivity index (χ1n) is 7.80. The summed E-state index contributed by atoms with van der Waals surface area (Å²) in [6.07, 6.45) is 0.669. The van der Waals surface area contributed by atoms with Gasteiger partial charge in [0.25, 0.3) is 5.91 Å². The average molecular weight is 337 g/mol. The number of rotatable bonds is 7. The van der Waals surface area contributed by atoms with E-state index in [4.69, 9.17) is 15.2 Å². The first-order chi connectivity index (χ1) is 11.2. The minimum absolute atomic E-state index is 0.203. The third-order valence-corrected chi connectivity index (χ3v) is 3.36. The maximum Gasteiger partial charge on any atom is 0.253 e. The van der Waals surface area contributed by atoms with Gasteiger partial charge in [-0.2, -0.15) is 0 Å². The molecule has 0 aromatic heterocycles. The molecule has 4 N–H and O–H groups in total. The fourth-order valence-corrected chi connectivity index (χ4v) is 1.88. The van der Waals surface area contributed by atoms with Gasteiger partial charge in [0.15, 0.2) is 11.5 Å². The van der Waals surface area contributed by atoms with Crippen molar-refractivity contribution in [1.29, 1.82) is 0 Å². The van der Waals surface area contributed by atoms with E-state index in [0.29, 0.717) is 42.3 Å². The molecule has 0 aliphatic carbocycles. The number of nitrogens with one attached hydrogen (secondary N) is 2. The summed E-state index contributed by atoms with van der Waals surface area (Å²) in [7, 11) is 2.98. The van der Waals surface area contributed by atoms with Crippen molar-refractivity contribution in [3.8, 4) is 11.5 Å². The van der Waals surface area contributed by atoms with Gasteiger partial charge in [-0.25, -0.2) is 0 Å². The highest BCUT2D eigenvalue weighted by atomic mass is 16.5. The van der Waals surface area contributed by atoms with Crippen LogP contribution in [0.15, 0.2) is 12.1 Å². The van der Waals surface area contributed by atoms with Crippen molar-refractivity contribution >= 4 is 17.5 Å². The van der Waals surface area contributed by atoms with Gasteiger partial charge < -0.3 is 25.8 Å². The van der Waals surface area contributed by atoms with Crippen molar-refractivity contribution in [2.45, 2.75) is 27.2 Å². The van der Waals surface area contributed by atoms with Crippen LogP contribution in [0.4, 0.5) is 5.69 Å². The van der Waals surface area contributed by atoms with E-state index in [-0.39, 0.29) is 11.8 Å². The summed E-state index contributed by atoms with van der Waals surface area (Å²) in [5.74, 6) is 0.329. The molecule has 0 saturated carbocycles. The van der Waals surface area contributed by atoms with Crippen LogP contribution in [0.25, 0.3) is 0 Å². The van der Waals surface area contributed by atoms with Crippen LogP contribution < -0.4 is 25.8 Å². The van der Waals surface area contributed by atoms with Gasteiger partial charge >= 0.3 is 0 Å². The number of carbonyl (C=O) groups is 2. The third kappa shape index (κ3) is 5.13. The van der Waals surface area contributed by atoms with Crippen molar-refractivity contribution in [3.63, 3.8) is 0 Å². The molecule has 0 aliphatic heterocycles. The van der Waals surface area contributed by atoms with Gasteiger partial charge in [-0.3, -0.25) is 9.59 Å². The van der Waals surface area contributed by atoms with E-state index in [1.54, 1.807) is 32.9 Å². The standard InChI is InChI=1S/C17H27N3O4/c1-17(2,3)16(22)20-12-10-14(24-5)13(23-4)9-11(12)15(21)19-8-6-7-18/h9-10H,6-8,18H2,1-5H3,(H,19,21)(H,20,22). The molecule has 0 spiro atoms. The molecular formula is C17H27N3O4. The number of hydrogen-bond acceptors (Lipinski definition) is 5. The Hall–Kier alpha value is -2.28. The van der Waals surface area contributed by atoms with E-state index < -0.39 is 5.41 Å². The minimum atomic E-state index is -0.597. The van der Waals surface area contributed by atoms with Gasteiger partial charge in [0.1, 0.15) is 0 Å². The highest BCUT2D eigenvalue weighted by Gasteiger charge is 2.24. The van der Waals surface area contributed by atoms with Crippen molar-refractivity contribution in [3.05, 3.63) is 17.7 Å². The van der Waals surface area contributed by atoms with Gasteiger partial charge in [-0.05, 0) is 19.0 Å². The Bertz CT molecular complexity index is 594. The zero-order valence-corrected chi connectivity index (χ0v) is 15.0. The van der Waals surface area contributed by atoms with Crippen LogP contribution in [0.2, 0.25) is 0 Å². The number of nitrogens with two attached hydrogens (primary N) is 1. The minimum Gasteiger partial charge on any atom is -0.493 e. The monoisotopic (exact) mass is 337 g/mol. The van der Waals surface area contributed by atoms with Crippen LogP contribution in [-0.4, -0.2) is 39.1 Å². The highest BCUT2D eigenvalue weighted by molar-refractivity contribution is 6.05. The second kappa shape index (κ2) is 8.54. The third-order valence-electron chi connectivity index (χ3n) is 3.36. The molecule has 0 heterocycles. The van der Waals surface area contributed by atoms with Crippen LogP contribution in [0, 0.1) is 5.41 Å². The maximum atomic E-state index is 12.4. The van der Waals surface area contributed by atoms with E-state index in [9.17, 15) is 9.59 Å².